The number of amides is 1. The van der Waals surface area contributed by atoms with E-state index in [1.165, 1.54) is 0 Å². The molecule has 94 valence electrons. The molecule has 0 aliphatic heterocycles. The lowest BCUT2D eigenvalue weighted by molar-refractivity contribution is 0.100. The van der Waals surface area contributed by atoms with Crippen molar-refractivity contribution in [3.05, 3.63) is 28.8 Å². The summed E-state index contributed by atoms with van der Waals surface area (Å²) in [6.45, 7) is 1.76. The number of halogens is 1. The second-order valence-electron chi connectivity index (χ2n) is 3.90. The van der Waals surface area contributed by atoms with E-state index >= 15 is 0 Å². The minimum atomic E-state index is -0.433. The summed E-state index contributed by atoms with van der Waals surface area (Å²) in [4.78, 5) is 13.3. The minimum Gasteiger partial charge on any atom is -0.374 e. The Labute approximate surface area is 107 Å². The molecule has 1 amide bonds. The number of hydrogen-bond acceptors (Lipinski definition) is 3. The maximum Gasteiger partial charge on any atom is 0.250 e. The number of nitrogens with two attached hydrogens (primary N) is 1. The van der Waals surface area contributed by atoms with E-state index in [1.54, 1.807) is 18.2 Å². The first-order valence-corrected chi connectivity index (χ1v) is 5.89. The summed E-state index contributed by atoms with van der Waals surface area (Å²) in [6.07, 6.45) is 0.984. The fourth-order valence-electron chi connectivity index (χ4n) is 1.64. The van der Waals surface area contributed by atoms with Crippen molar-refractivity contribution < 1.29 is 4.79 Å². The molecule has 4 nitrogen and oxygen atoms in total. The van der Waals surface area contributed by atoms with Crippen molar-refractivity contribution >= 4 is 23.2 Å². The molecule has 0 aliphatic carbocycles. The highest BCUT2D eigenvalue weighted by Crippen LogP contribution is 2.23. The normalized spacial score (nSPS) is 10.3. The number of primary amides is 1. The molecular weight excluding hydrogens is 238 g/mol. The van der Waals surface area contributed by atoms with Gasteiger partial charge in [0.25, 0.3) is 5.91 Å². The molecule has 5 heteroatoms. The van der Waals surface area contributed by atoms with E-state index in [-0.39, 0.29) is 0 Å². The Hall–Kier alpha value is -1.26. The van der Waals surface area contributed by atoms with Crippen LogP contribution in [0.3, 0.4) is 0 Å². The van der Waals surface area contributed by atoms with Crippen LogP contribution in [0.5, 0.6) is 0 Å². The molecule has 1 rings (SSSR count). The standard InChI is InChI=1S/C12H18ClN3O/c1-15-6-3-7-16(2)11-8-9(13)4-5-10(11)12(14)17/h4-5,8,15H,3,6-7H2,1-2H3,(H2,14,17). The first-order chi connectivity index (χ1) is 8.06. The predicted octanol–water partition coefficient (Wildman–Crippen LogP) is 1.48. The fourth-order valence-corrected chi connectivity index (χ4v) is 1.81. The molecule has 0 aromatic heterocycles. The van der Waals surface area contributed by atoms with E-state index in [9.17, 15) is 4.79 Å². The van der Waals surface area contributed by atoms with Crippen molar-refractivity contribution in [2.24, 2.45) is 5.73 Å². The van der Waals surface area contributed by atoms with Gasteiger partial charge in [0.2, 0.25) is 0 Å². The van der Waals surface area contributed by atoms with Crippen molar-refractivity contribution in [1.82, 2.24) is 5.32 Å². The van der Waals surface area contributed by atoms with Gasteiger partial charge in [-0.25, -0.2) is 0 Å². The smallest absolute Gasteiger partial charge is 0.250 e. The van der Waals surface area contributed by atoms with Gasteiger partial charge in [-0.15, -0.1) is 0 Å². The first kappa shape index (κ1) is 13.8. The Bertz CT molecular complexity index is 395. The molecule has 17 heavy (non-hydrogen) atoms. The van der Waals surface area contributed by atoms with Crippen molar-refractivity contribution in [1.29, 1.82) is 0 Å². The zero-order valence-corrected chi connectivity index (χ0v) is 10.9. The second-order valence-corrected chi connectivity index (χ2v) is 4.34. The molecule has 0 radical (unpaired) electrons. The van der Waals surface area contributed by atoms with Gasteiger partial charge in [-0.2, -0.15) is 0 Å². The molecule has 0 heterocycles. The average Bonchev–Trinajstić information content (AvgIpc) is 2.28. The maximum atomic E-state index is 11.3. The Morgan fingerprint density at radius 1 is 1.53 bits per heavy atom. The monoisotopic (exact) mass is 255 g/mol. The highest BCUT2D eigenvalue weighted by atomic mass is 35.5. The molecule has 1 aromatic carbocycles. The molecule has 0 spiro atoms. The molecule has 0 saturated heterocycles. The molecule has 0 saturated carbocycles. The number of rotatable bonds is 6. The van der Waals surface area contributed by atoms with Crippen LogP contribution >= 0.6 is 11.6 Å². The van der Waals surface area contributed by atoms with Gasteiger partial charge in [0.1, 0.15) is 0 Å². The Morgan fingerprint density at radius 2 is 2.24 bits per heavy atom. The van der Waals surface area contributed by atoms with Crippen LogP contribution in [0.1, 0.15) is 16.8 Å². The number of nitrogens with one attached hydrogen (secondary N) is 1. The zero-order valence-electron chi connectivity index (χ0n) is 10.2. The van der Waals surface area contributed by atoms with E-state index in [0.29, 0.717) is 10.6 Å². The van der Waals surface area contributed by atoms with Crippen molar-refractivity contribution in [2.45, 2.75) is 6.42 Å². The number of carbonyl (C=O) groups excluding carboxylic acids is 1. The van der Waals surface area contributed by atoms with Crippen LogP contribution in [0, 0.1) is 0 Å². The molecular formula is C12H18ClN3O. The van der Waals surface area contributed by atoms with Gasteiger partial charge < -0.3 is 16.0 Å². The van der Waals surface area contributed by atoms with E-state index < -0.39 is 5.91 Å². The van der Waals surface area contributed by atoms with Crippen molar-refractivity contribution in [3.63, 3.8) is 0 Å². The molecule has 0 bridgehead atoms. The average molecular weight is 256 g/mol. The van der Waals surface area contributed by atoms with Gasteiger partial charge >= 0.3 is 0 Å². The molecule has 0 fully saturated rings. The number of anilines is 1. The van der Waals surface area contributed by atoms with Crippen LogP contribution in [0.15, 0.2) is 18.2 Å². The van der Waals surface area contributed by atoms with Crippen LogP contribution in [-0.4, -0.2) is 33.1 Å². The first-order valence-electron chi connectivity index (χ1n) is 5.51. The molecule has 0 unspecified atom stereocenters. The van der Waals surface area contributed by atoms with Crippen molar-refractivity contribution in [3.8, 4) is 0 Å². The lowest BCUT2D eigenvalue weighted by atomic mass is 10.1. The quantitative estimate of drug-likeness (QED) is 0.757. The highest BCUT2D eigenvalue weighted by Gasteiger charge is 2.12. The van der Waals surface area contributed by atoms with E-state index in [4.69, 9.17) is 17.3 Å². The van der Waals surface area contributed by atoms with Gasteiger partial charge in [-0.1, -0.05) is 11.6 Å². The van der Waals surface area contributed by atoms with Gasteiger partial charge in [0, 0.05) is 18.6 Å². The maximum absolute atomic E-state index is 11.3. The number of hydrogen-bond donors (Lipinski definition) is 2. The third kappa shape index (κ3) is 3.91. The summed E-state index contributed by atoms with van der Waals surface area (Å²) < 4.78 is 0. The van der Waals surface area contributed by atoms with Crippen LogP contribution < -0.4 is 16.0 Å². The van der Waals surface area contributed by atoms with E-state index in [2.05, 4.69) is 5.32 Å². The van der Waals surface area contributed by atoms with E-state index in [0.717, 1.165) is 25.2 Å². The van der Waals surface area contributed by atoms with Crippen LogP contribution in [-0.2, 0) is 0 Å². The topological polar surface area (TPSA) is 58.4 Å². The number of nitrogens with zero attached hydrogens (tertiary/aromatic N) is 1. The minimum absolute atomic E-state index is 0.433. The van der Waals surface area contributed by atoms with Gasteiger partial charge in [0.15, 0.2) is 0 Å². The zero-order chi connectivity index (χ0) is 12.8. The second kappa shape index (κ2) is 6.47. The SMILES string of the molecule is CNCCCN(C)c1cc(Cl)ccc1C(N)=O. The Kier molecular flexibility index (Phi) is 5.25. The number of carbonyl (C=O) groups is 1. The highest BCUT2D eigenvalue weighted by molar-refractivity contribution is 6.31. The van der Waals surface area contributed by atoms with Crippen molar-refractivity contribution in [2.75, 3.05) is 32.1 Å². The van der Waals surface area contributed by atoms with Gasteiger partial charge in [0.05, 0.1) is 11.3 Å². The molecule has 0 atom stereocenters. The molecule has 0 aliphatic rings. The van der Waals surface area contributed by atoms with Crippen LogP contribution in [0.4, 0.5) is 5.69 Å². The molecule has 3 N–H and O–H groups in total. The van der Waals surface area contributed by atoms with Gasteiger partial charge in [-0.05, 0) is 38.2 Å². The summed E-state index contributed by atoms with van der Waals surface area (Å²) in [5.41, 5.74) is 6.62. The summed E-state index contributed by atoms with van der Waals surface area (Å²) in [7, 11) is 3.84. The summed E-state index contributed by atoms with van der Waals surface area (Å²) in [5.74, 6) is -0.433. The third-order valence-corrected chi connectivity index (χ3v) is 2.79. The van der Waals surface area contributed by atoms with Gasteiger partial charge in [-0.3, -0.25) is 4.79 Å². The fraction of sp³-hybridized carbons (Fsp3) is 0.417. The van der Waals surface area contributed by atoms with Crippen LogP contribution in [0.2, 0.25) is 5.02 Å². The Morgan fingerprint density at radius 3 is 2.82 bits per heavy atom. The lowest BCUT2D eigenvalue weighted by Gasteiger charge is -2.21. The lowest BCUT2D eigenvalue weighted by Crippen LogP contribution is -2.25. The summed E-state index contributed by atoms with van der Waals surface area (Å²) in [6, 6.07) is 5.10. The van der Waals surface area contributed by atoms with E-state index in [1.807, 2.05) is 19.0 Å². The summed E-state index contributed by atoms with van der Waals surface area (Å²) in [5, 5.41) is 3.68. The Balaban J connectivity index is 2.86. The molecule has 1 aromatic rings. The summed E-state index contributed by atoms with van der Waals surface area (Å²) >= 11 is 5.94. The third-order valence-electron chi connectivity index (χ3n) is 2.56. The predicted molar refractivity (Wildman–Crippen MR) is 71.8 cm³/mol. The van der Waals surface area contributed by atoms with Crippen LogP contribution in [0.25, 0.3) is 0 Å². The number of benzene rings is 1. The largest absolute Gasteiger partial charge is 0.374 e.